The number of hydrogen-bond acceptors (Lipinski definition) is 4. The van der Waals surface area contributed by atoms with Crippen LogP contribution in [0.25, 0.3) is 0 Å². The predicted octanol–water partition coefficient (Wildman–Crippen LogP) is 4.97. The Balaban J connectivity index is 1.93. The molecule has 1 amide bonds. The summed E-state index contributed by atoms with van der Waals surface area (Å²) in [5.74, 6) is 0.566. The van der Waals surface area contributed by atoms with Crippen molar-refractivity contribution in [2.45, 2.75) is 25.5 Å². The minimum absolute atomic E-state index is 0.0664. The molecular weight excluding hydrogens is 372 g/mol. The zero-order chi connectivity index (χ0) is 19.2. The maximum Gasteiger partial charge on any atom is 0.387 e. The van der Waals surface area contributed by atoms with Crippen LogP contribution in [0.4, 0.5) is 8.78 Å². The highest BCUT2D eigenvalue weighted by atomic mass is 32.2. The van der Waals surface area contributed by atoms with Crippen LogP contribution in [-0.4, -0.2) is 24.0 Å². The molecule has 27 heavy (non-hydrogen) atoms. The Morgan fingerprint density at radius 3 is 2.56 bits per heavy atom. The molecule has 142 valence electrons. The molecule has 3 rings (SSSR count). The summed E-state index contributed by atoms with van der Waals surface area (Å²) >= 11 is 1.46. The first-order valence-electron chi connectivity index (χ1n) is 8.47. The van der Waals surface area contributed by atoms with Gasteiger partial charge in [0.1, 0.15) is 16.9 Å². The number of halogens is 2. The summed E-state index contributed by atoms with van der Waals surface area (Å²) in [6.45, 7) is -0.383. The largest absolute Gasteiger partial charge is 0.493 e. The number of hydrogen-bond donors (Lipinski definition) is 0. The Morgan fingerprint density at radius 1 is 1.11 bits per heavy atom. The number of ether oxygens (including phenoxy) is 2. The minimum Gasteiger partial charge on any atom is -0.493 e. The monoisotopic (exact) mass is 391 g/mol. The fourth-order valence-corrected chi connectivity index (χ4v) is 3.87. The van der Waals surface area contributed by atoms with E-state index >= 15 is 0 Å². The van der Waals surface area contributed by atoms with Gasteiger partial charge in [-0.15, -0.1) is 11.8 Å². The molecule has 0 fully saturated rings. The van der Waals surface area contributed by atoms with Gasteiger partial charge in [-0.05, 0) is 24.5 Å². The van der Waals surface area contributed by atoms with E-state index in [1.54, 1.807) is 28.5 Å². The lowest BCUT2D eigenvalue weighted by atomic mass is 10.1. The van der Waals surface area contributed by atoms with Gasteiger partial charge < -0.3 is 14.4 Å². The molecule has 0 aromatic heterocycles. The summed E-state index contributed by atoms with van der Waals surface area (Å²) in [7, 11) is 0. The predicted molar refractivity (Wildman–Crippen MR) is 101 cm³/mol. The molecule has 0 saturated carbocycles. The number of alkyl halides is 2. The number of carbonyl (C=O) groups is 1. The third kappa shape index (κ3) is 4.60. The normalized spacial score (nSPS) is 16.7. The number of para-hydroxylation sites is 2. The van der Waals surface area contributed by atoms with Gasteiger partial charge in [-0.1, -0.05) is 36.4 Å². The highest BCUT2D eigenvalue weighted by molar-refractivity contribution is 8.02. The topological polar surface area (TPSA) is 38.8 Å². The molecule has 1 aliphatic rings. The lowest BCUT2D eigenvalue weighted by Crippen LogP contribution is -2.33. The smallest absolute Gasteiger partial charge is 0.387 e. The van der Waals surface area contributed by atoms with E-state index in [2.05, 4.69) is 4.74 Å². The SMILES string of the molecule is CCOc1ccccc1C1SC=CC(=O)N1Cc1ccccc1OC(F)F. The number of thioether (sulfide) groups is 1. The Bertz CT molecular complexity index is 828. The lowest BCUT2D eigenvalue weighted by Gasteiger charge is -2.33. The first-order chi connectivity index (χ1) is 13.1. The van der Waals surface area contributed by atoms with Gasteiger partial charge >= 0.3 is 6.61 Å². The molecule has 2 aromatic rings. The Morgan fingerprint density at radius 2 is 1.81 bits per heavy atom. The van der Waals surface area contributed by atoms with Crippen LogP contribution in [-0.2, 0) is 11.3 Å². The molecule has 1 unspecified atom stereocenters. The molecular formula is C20H19F2NO3S. The lowest BCUT2D eigenvalue weighted by molar-refractivity contribution is -0.127. The quantitative estimate of drug-likeness (QED) is 0.668. The van der Waals surface area contributed by atoms with Crippen LogP contribution in [0.5, 0.6) is 11.5 Å². The van der Waals surface area contributed by atoms with Gasteiger partial charge in [0.25, 0.3) is 0 Å². The van der Waals surface area contributed by atoms with Crippen LogP contribution < -0.4 is 9.47 Å². The maximum atomic E-state index is 12.7. The zero-order valence-corrected chi connectivity index (χ0v) is 15.5. The second kappa shape index (κ2) is 8.90. The van der Waals surface area contributed by atoms with Gasteiger partial charge in [0.2, 0.25) is 5.91 Å². The van der Waals surface area contributed by atoms with E-state index in [1.807, 2.05) is 31.2 Å². The molecule has 2 aromatic carbocycles. The van der Waals surface area contributed by atoms with Crippen LogP contribution in [0.1, 0.15) is 23.4 Å². The van der Waals surface area contributed by atoms with Crippen LogP contribution in [0, 0.1) is 0 Å². The van der Waals surface area contributed by atoms with Gasteiger partial charge in [0, 0.05) is 17.2 Å². The standard InChI is InChI=1S/C20H19F2NO3S/c1-2-25-17-10-6-4-8-15(17)19-23(18(24)11-12-27-19)13-14-7-3-5-9-16(14)26-20(21)22/h3-12,19-20H,2,13H2,1H3. The van der Waals surface area contributed by atoms with Crippen LogP contribution in [0.2, 0.25) is 0 Å². The molecule has 0 N–H and O–H groups in total. The second-order valence-corrected chi connectivity index (χ2v) is 6.71. The third-order valence-electron chi connectivity index (χ3n) is 4.00. The molecule has 1 aliphatic heterocycles. The molecule has 0 bridgehead atoms. The number of carbonyl (C=O) groups excluding carboxylic acids is 1. The molecule has 0 saturated heterocycles. The fourth-order valence-electron chi connectivity index (χ4n) is 2.86. The molecule has 4 nitrogen and oxygen atoms in total. The van der Waals surface area contributed by atoms with E-state index in [0.29, 0.717) is 17.9 Å². The number of amides is 1. The minimum atomic E-state index is -2.92. The van der Waals surface area contributed by atoms with Crippen LogP contribution in [0.3, 0.4) is 0 Å². The Labute approximate surface area is 160 Å². The van der Waals surface area contributed by atoms with E-state index in [1.165, 1.54) is 23.9 Å². The number of benzene rings is 2. The van der Waals surface area contributed by atoms with Crippen molar-refractivity contribution in [3.05, 3.63) is 71.1 Å². The van der Waals surface area contributed by atoms with Crippen molar-refractivity contribution in [1.29, 1.82) is 0 Å². The van der Waals surface area contributed by atoms with Crippen LogP contribution in [0.15, 0.2) is 60.0 Å². The first-order valence-corrected chi connectivity index (χ1v) is 9.41. The number of rotatable bonds is 7. The third-order valence-corrected chi connectivity index (χ3v) is 5.06. The van der Waals surface area contributed by atoms with Crippen molar-refractivity contribution in [3.8, 4) is 11.5 Å². The Hall–Kier alpha value is -2.54. The highest BCUT2D eigenvalue weighted by Crippen LogP contribution is 2.42. The average Bonchev–Trinajstić information content (AvgIpc) is 2.65. The van der Waals surface area contributed by atoms with E-state index < -0.39 is 6.61 Å². The zero-order valence-electron chi connectivity index (χ0n) is 14.7. The summed E-state index contributed by atoms with van der Waals surface area (Å²) in [4.78, 5) is 14.2. The van der Waals surface area contributed by atoms with Gasteiger partial charge in [-0.2, -0.15) is 8.78 Å². The molecule has 0 spiro atoms. The molecule has 7 heteroatoms. The molecule has 1 heterocycles. The summed E-state index contributed by atoms with van der Waals surface area (Å²) in [5.41, 5.74) is 1.37. The van der Waals surface area contributed by atoms with Crippen molar-refractivity contribution < 1.29 is 23.0 Å². The first kappa shape index (κ1) is 19.2. The van der Waals surface area contributed by atoms with Crippen molar-refractivity contribution in [2.75, 3.05) is 6.61 Å². The Kier molecular flexibility index (Phi) is 6.34. The average molecular weight is 391 g/mol. The van der Waals surface area contributed by atoms with E-state index in [4.69, 9.17) is 4.74 Å². The fraction of sp³-hybridized carbons (Fsp3) is 0.250. The van der Waals surface area contributed by atoms with E-state index in [0.717, 1.165) is 5.56 Å². The molecule has 0 aliphatic carbocycles. The summed E-state index contributed by atoms with van der Waals surface area (Å²) in [5, 5.41) is 1.41. The highest BCUT2D eigenvalue weighted by Gasteiger charge is 2.30. The maximum absolute atomic E-state index is 12.7. The van der Waals surface area contributed by atoms with Crippen molar-refractivity contribution in [3.63, 3.8) is 0 Å². The van der Waals surface area contributed by atoms with Crippen molar-refractivity contribution in [2.24, 2.45) is 0 Å². The van der Waals surface area contributed by atoms with Gasteiger partial charge in [-0.25, -0.2) is 0 Å². The van der Waals surface area contributed by atoms with Gasteiger partial charge in [0.05, 0.1) is 13.2 Å². The van der Waals surface area contributed by atoms with Crippen molar-refractivity contribution >= 4 is 17.7 Å². The van der Waals surface area contributed by atoms with Gasteiger partial charge in [-0.3, -0.25) is 4.79 Å². The second-order valence-electron chi connectivity index (χ2n) is 5.71. The summed E-state index contributed by atoms with van der Waals surface area (Å²) < 4.78 is 35.7. The molecule has 0 radical (unpaired) electrons. The van der Waals surface area contributed by atoms with Crippen molar-refractivity contribution in [1.82, 2.24) is 4.90 Å². The van der Waals surface area contributed by atoms with Crippen LogP contribution >= 0.6 is 11.8 Å². The van der Waals surface area contributed by atoms with Gasteiger partial charge in [0.15, 0.2) is 0 Å². The van der Waals surface area contributed by atoms with E-state index in [9.17, 15) is 13.6 Å². The molecule has 1 atom stereocenters. The summed E-state index contributed by atoms with van der Waals surface area (Å²) in [6, 6.07) is 14.0. The number of nitrogens with zero attached hydrogens (tertiary/aromatic N) is 1. The van der Waals surface area contributed by atoms with E-state index in [-0.39, 0.29) is 23.6 Å². The summed E-state index contributed by atoms with van der Waals surface area (Å²) in [6.07, 6.45) is 1.47.